The molecule has 0 aromatic carbocycles. The molecule has 0 spiro atoms. The van der Waals surface area contributed by atoms with E-state index in [0.29, 0.717) is 19.4 Å². The summed E-state index contributed by atoms with van der Waals surface area (Å²) >= 11 is 0. The Labute approximate surface area is 113 Å². The molecule has 1 fully saturated rings. The van der Waals surface area contributed by atoms with Gasteiger partial charge in [-0.15, -0.1) is 0 Å². The molecule has 0 aliphatic carbocycles. The zero-order valence-electron chi connectivity index (χ0n) is 12.1. The summed E-state index contributed by atoms with van der Waals surface area (Å²) in [5.74, 6) is -0.495. The minimum Gasteiger partial charge on any atom is -0.467 e. The van der Waals surface area contributed by atoms with Crippen molar-refractivity contribution in [2.45, 2.75) is 51.2 Å². The predicted molar refractivity (Wildman–Crippen MR) is 68.6 cm³/mol. The summed E-state index contributed by atoms with van der Waals surface area (Å²) in [6, 6.07) is 0. The second-order valence-electron chi connectivity index (χ2n) is 5.73. The van der Waals surface area contributed by atoms with Gasteiger partial charge in [0, 0.05) is 19.6 Å². The third-order valence-corrected chi connectivity index (χ3v) is 3.19. The molecule has 0 radical (unpaired) electrons. The number of amides is 1. The van der Waals surface area contributed by atoms with Gasteiger partial charge in [-0.1, -0.05) is 0 Å². The van der Waals surface area contributed by atoms with Crippen LogP contribution in [0.4, 0.5) is 4.79 Å². The Morgan fingerprint density at radius 3 is 2.47 bits per heavy atom. The van der Waals surface area contributed by atoms with E-state index in [1.54, 1.807) is 20.8 Å². The molecule has 19 heavy (non-hydrogen) atoms. The molecule has 1 aliphatic rings. The van der Waals surface area contributed by atoms with E-state index in [-0.39, 0.29) is 13.0 Å². The van der Waals surface area contributed by atoms with Gasteiger partial charge in [-0.05, 0) is 33.6 Å². The van der Waals surface area contributed by atoms with Crippen LogP contribution in [0.2, 0.25) is 0 Å². The number of aliphatic hydroxyl groups is 1. The molecule has 1 aliphatic heterocycles. The van der Waals surface area contributed by atoms with Crippen LogP contribution in [0.5, 0.6) is 0 Å². The number of nitrogens with zero attached hydrogens (tertiary/aromatic N) is 1. The SMILES string of the molecule is COC(=O)[C@]1(CCO)CCCN1C(=O)OC(C)(C)C. The normalized spacial score (nSPS) is 23.3. The van der Waals surface area contributed by atoms with E-state index >= 15 is 0 Å². The summed E-state index contributed by atoms with van der Waals surface area (Å²) < 4.78 is 10.1. The van der Waals surface area contributed by atoms with Crippen LogP contribution >= 0.6 is 0 Å². The van der Waals surface area contributed by atoms with Crippen LogP contribution in [0, 0.1) is 0 Å². The number of carbonyl (C=O) groups excluding carboxylic acids is 2. The standard InChI is InChI=1S/C13H23NO5/c1-12(2,3)19-11(17)14-8-5-6-13(14,7-9-15)10(16)18-4/h15H,5-9H2,1-4H3/t13-/m1/s1. The maximum Gasteiger partial charge on any atom is 0.411 e. The molecule has 6 nitrogen and oxygen atoms in total. The third kappa shape index (κ3) is 3.37. The van der Waals surface area contributed by atoms with Crippen molar-refractivity contribution in [3.63, 3.8) is 0 Å². The number of methoxy groups -OCH3 is 1. The first kappa shape index (κ1) is 15.8. The molecule has 110 valence electrons. The number of rotatable bonds is 3. The van der Waals surface area contributed by atoms with Crippen LogP contribution in [0.1, 0.15) is 40.0 Å². The van der Waals surface area contributed by atoms with Crippen molar-refractivity contribution in [2.24, 2.45) is 0 Å². The van der Waals surface area contributed by atoms with Crippen LogP contribution in [0.3, 0.4) is 0 Å². The van der Waals surface area contributed by atoms with Crippen molar-refractivity contribution in [1.82, 2.24) is 4.90 Å². The maximum atomic E-state index is 12.2. The lowest BCUT2D eigenvalue weighted by molar-refractivity contribution is -0.154. The Bertz CT molecular complexity index is 349. The van der Waals surface area contributed by atoms with Crippen LogP contribution < -0.4 is 0 Å². The minimum atomic E-state index is -1.09. The summed E-state index contributed by atoms with van der Waals surface area (Å²) in [6.45, 7) is 5.56. The van der Waals surface area contributed by atoms with Gasteiger partial charge < -0.3 is 14.6 Å². The second kappa shape index (κ2) is 5.77. The van der Waals surface area contributed by atoms with Gasteiger partial charge in [0.25, 0.3) is 0 Å². The van der Waals surface area contributed by atoms with Gasteiger partial charge in [-0.3, -0.25) is 4.90 Å². The number of aliphatic hydroxyl groups excluding tert-OH is 1. The highest BCUT2D eigenvalue weighted by Gasteiger charge is 2.51. The van der Waals surface area contributed by atoms with Crippen molar-refractivity contribution in [3.8, 4) is 0 Å². The molecular formula is C13H23NO5. The molecule has 0 aromatic heterocycles. The van der Waals surface area contributed by atoms with Crippen LogP contribution in [0.15, 0.2) is 0 Å². The highest BCUT2D eigenvalue weighted by Crippen LogP contribution is 2.34. The van der Waals surface area contributed by atoms with Gasteiger partial charge in [0.1, 0.15) is 11.1 Å². The first-order chi connectivity index (χ1) is 8.77. The van der Waals surface area contributed by atoms with Crippen LogP contribution in [-0.4, -0.2) is 53.5 Å². The van der Waals surface area contributed by atoms with E-state index in [1.165, 1.54) is 12.0 Å². The zero-order valence-corrected chi connectivity index (χ0v) is 12.1. The number of hydrogen-bond acceptors (Lipinski definition) is 5. The molecule has 1 amide bonds. The zero-order chi connectivity index (χ0) is 14.7. The van der Waals surface area contributed by atoms with Crippen molar-refractivity contribution >= 4 is 12.1 Å². The smallest absolute Gasteiger partial charge is 0.411 e. The number of carbonyl (C=O) groups is 2. The van der Waals surface area contributed by atoms with Crippen molar-refractivity contribution in [2.75, 3.05) is 20.3 Å². The molecule has 0 unspecified atom stereocenters. The van der Waals surface area contributed by atoms with Gasteiger partial charge in [0.05, 0.1) is 7.11 Å². The lowest BCUT2D eigenvalue weighted by Crippen LogP contribution is -2.55. The third-order valence-electron chi connectivity index (χ3n) is 3.19. The first-order valence-electron chi connectivity index (χ1n) is 6.47. The molecule has 1 atom stereocenters. The largest absolute Gasteiger partial charge is 0.467 e. The van der Waals surface area contributed by atoms with Crippen LogP contribution in [0.25, 0.3) is 0 Å². The monoisotopic (exact) mass is 273 g/mol. The lowest BCUT2D eigenvalue weighted by Gasteiger charge is -2.36. The molecule has 0 aromatic rings. The Morgan fingerprint density at radius 1 is 1.37 bits per heavy atom. The van der Waals surface area contributed by atoms with Crippen molar-refractivity contribution < 1.29 is 24.2 Å². The van der Waals surface area contributed by atoms with E-state index in [0.717, 1.165) is 0 Å². The summed E-state index contributed by atoms with van der Waals surface area (Å²) in [4.78, 5) is 25.6. The Kier molecular flexibility index (Phi) is 4.79. The summed E-state index contributed by atoms with van der Waals surface area (Å²) in [5, 5.41) is 9.18. The molecule has 1 saturated heterocycles. The lowest BCUT2D eigenvalue weighted by atomic mass is 9.92. The van der Waals surface area contributed by atoms with Gasteiger partial charge in [0.2, 0.25) is 0 Å². The Hall–Kier alpha value is -1.30. The number of hydrogen-bond donors (Lipinski definition) is 1. The fourth-order valence-corrected chi connectivity index (χ4v) is 2.41. The number of esters is 1. The summed E-state index contributed by atoms with van der Waals surface area (Å²) in [5.41, 5.74) is -1.72. The maximum absolute atomic E-state index is 12.2. The molecule has 1 rings (SSSR count). The topological polar surface area (TPSA) is 76.1 Å². The van der Waals surface area contributed by atoms with E-state index < -0.39 is 23.2 Å². The first-order valence-corrected chi connectivity index (χ1v) is 6.47. The predicted octanol–water partition coefficient (Wildman–Crippen LogP) is 1.31. The average Bonchev–Trinajstić information content (AvgIpc) is 2.71. The number of ether oxygens (including phenoxy) is 2. The minimum absolute atomic E-state index is 0.166. The molecule has 6 heteroatoms. The highest BCUT2D eigenvalue weighted by atomic mass is 16.6. The Morgan fingerprint density at radius 2 is 2.00 bits per heavy atom. The molecule has 0 bridgehead atoms. The summed E-state index contributed by atoms with van der Waals surface area (Å²) in [7, 11) is 1.28. The van der Waals surface area contributed by atoms with E-state index in [1.807, 2.05) is 0 Å². The van der Waals surface area contributed by atoms with Crippen LogP contribution in [-0.2, 0) is 14.3 Å². The summed E-state index contributed by atoms with van der Waals surface area (Å²) in [6.07, 6.45) is 0.802. The molecular weight excluding hydrogens is 250 g/mol. The highest BCUT2D eigenvalue weighted by molar-refractivity contribution is 5.86. The van der Waals surface area contributed by atoms with Gasteiger partial charge in [-0.25, -0.2) is 9.59 Å². The van der Waals surface area contributed by atoms with Gasteiger partial charge in [-0.2, -0.15) is 0 Å². The quantitative estimate of drug-likeness (QED) is 0.785. The Balaban J connectivity index is 2.96. The molecule has 1 N–H and O–H groups in total. The fourth-order valence-electron chi connectivity index (χ4n) is 2.41. The van der Waals surface area contributed by atoms with Gasteiger partial charge >= 0.3 is 12.1 Å². The van der Waals surface area contributed by atoms with Crippen molar-refractivity contribution in [3.05, 3.63) is 0 Å². The van der Waals surface area contributed by atoms with E-state index in [4.69, 9.17) is 9.47 Å². The fraction of sp³-hybridized carbons (Fsp3) is 0.846. The molecule has 1 heterocycles. The van der Waals surface area contributed by atoms with E-state index in [9.17, 15) is 14.7 Å². The van der Waals surface area contributed by atoms with Gasteiger partial charge in [0.15, 0.2) is 0 Å². The van der Waals surface area contributed by atoms with Crippen molar-refractivity contribution in [1.29, 1.82) is 0 Å². The number of likely N-dealkylation sites (tertiary alicyclic amines) is 1. The average molecular weight is 273 g/mol. The second-order valence-corrected chi connectivity index (χ2v) is 5.73. The molecule has 0 saturated carbocycles. The van der Waals surface area contributed by atoms with E-state index in [2.05, 4.69) is 0 Å².